The van der Waals surface area contributed by atoms with E-state index in [9.17, 15) is 26.4 Å². The second-order valence-electron chi connectivity index (χ2n) is 7.40. The van der Waals surface area contributed by atoms with E-state index in [0.29, 0.717) is 6.54 Å². The molecule has 0 aromatic heterocycles. The number of hydrogen-bond acceptors (Lipinski definition) is 3. The first-order valence-electron chi connectivity index (χ1n) is 9.94. The number of carbonyl (C=O) groups is 1. The van der Waals surface area contributed by atoms with Crippen molar-refractivity contribution in [3.8, 4) is 0 Å². The molecule has 5 nitrogen and oxygen atoms in total. The van der Waals surface area contributed by atoms with Crippen molar-refractivity contribution >= 4 is 32.4 Å². The van der Waals surface area contributed by atoms with Gasteiger partial charge in [-0.2, -0.15) is 13.2 Å². The Hall–Kier alpha value is -3.07. The second-order valence-corrected chi connectivity index (χ2v) is 9.31. The average Bonchev–Trinajstić information content (AvgIpc) is 2.74. The molecule has 0 heterocycles. The van der Waals surface area contributed by atoms with Crippen LogP contribution in [0, 0.1) is 0 Å². The topological polar surface area (TPSA) is 66.5 Å². The lowest BCUT2D eigenvalue weighted by atomic mass is 10.0. The van der Waals surface area contributed by atoms with Crippen LogP contribution in [0.25, 0.3) is 10.8 Å². The van der Waals surface area contributed by atoms with Crippen LogP contribution >= 0.6 is 0 Å². The molecule has 170 valence electrons. The van der Waals surface area contributed by atoms with Gasteiger partial charge in [-0.1, -0.05) is 48.5 Å². The molecule has 0 unspecified atom stereocenters. The van der Waals surface area contributed by atoms with E-state index in [1.165, 1.54) is 6.07 Å². The van der Waals surface area contributed by atoms with E-state index >= 15 is 0 Å². The van der Waals surface area contributed by atoms with Crippen LogP contribution < -0.4 is 9.62 Å². The molecule has 3 rings (SSSR count). The fourth-order valence-corrected chi connectivity index (χ4v) is 4.39. The van der Waals surface area contributed by atoms with Crippen LogP contribution in [-0.4, -0.2) is 27.1 Å². The lowest BCUT2D eigenvalue weighted by molar-refractivity contribution is -0.137. The first-order chi connectivity index (χ1) is 15.1. The van der Waals surface area contributed by atoms with E-state index in [1.54, 1.807) is 0 Å². The summed E-state index contributed by atoms with van der Waals surface area (Å²) >= 11 is 0. The summed E-state index contributed by atoms with van der Waals surface area (Å²) in [6.45, 7) is 0.214. The maximum atomic E-state index is 13.0. The predicted octanol–water partition coefficient (Wildman–Crippen LogP) is 4.72. The van der Waals surface area contributed by atoms with E-state index in [1.807, 2.05) is 42.5 Å². The number of hydrogen-bond donors (Lipinski definition) is 1. The zero-order chi connectivity index (χ0) is 23.4. The molecule has 0 saturated heterocycles. The fraction of sp³-hybridized carbons (Fsp3) is 0.261. The molecule has 0 spiro atoms. The monoisotopic (exact) mass is 464 g/mol. The molecule has 0 saturated carbocycles. The van der Waals surface area contributed by atoms with Gasteiger partial charge in [0.25, 0.3) is 0 Å². The highest BCUT2D eigenvalue weighted by Gasteiger charge is 2.31. The van der Waals surface area contributed by atoms with E-state index in [0.717, 1.165) is 45.1 Å². The number of nitrogens with one attached hydrogen (secondary N) is 1. The number of carbonyl (C=O) groups excluding carboxylic acids is 1. The number of fused-ring (bicyclic) bond motifs is 1. The number of rotatable bonds is 8. The second kappa shape index (κ2) is 9.60. The van der Waals surface area contributed by atoms with Crippen molar-refractivity contribution < 1.29 is 26.4 Å². The van der Waals surface area contributed by atoms with Crippen LogP contribution in [0.4, 0.5) is 18.9 Å². The number of halogens is 3. The van der Waals surface area contributed by atoms with Gasteiger partial charge in [0.1, 0.15) is 0 Å². The van der Waals surface area contributed by atoms with Crippen molar-refractivity contribution in [1.82, 2.24) is 5.32 Å². The summed E-state index contributed by atoms with van der Waals surface area (Å²) in [6, 6.07) is 17.7. The number of benzene rings is 3. The van der Waals surface area contributed by atoms with E-state index in [2.05, 4.69) is 5.32 Å². The number of anilines is 1. The summed E-state index contributed by atoms with van der Waals surface area (Å²) in [7, 11) is -3.82. The summed E-state index contributed by atoms with van der Waals surface area (Å²) in [5, 5.41) is 4.91. The molecule has 0 aliphatic carbocycles. The van der Waals surface area contributed by atoms with Crippen molar-refractivity contribution in [3.05, 3.63) is 77.9 Å². The van der Waals surface area contributed by atoms with Gasteiger partial charge in [-0.15, -0.1) is 0 Å². The van der Waals surface area contributed by atoms with Gasteiger partial charge >= 0.3 is 6.18 Å². The molecule has 3 aromatic carbocycles. The Kier molecular flexibility index (Phi) is 7.08. The van der Waals surface area contributed by atoms with Crippen LogP contribution in [0.3, 0.4) is 0 Å². The number of sulfonamides is 1. The Morgan fingerprint density at radius 1 is 1.00 bits per heavy atom. The van der Waals surface area contributed by atoms with Gasteiger partial charge in [0.2, 0.25) is 15.9 Å². The standard InChI is InChI=1S/C23H23F3N2O3S/c1-32(30,31)28(20-11-5-10-19(15-20)23(24,25)26)14-6-13-22(29)27-16-18-9-4-8-17-7-2-3-12-21(17)18/h2-5,7-12,15H,6,13-14,16H2,1H3,(H,27,29). The molecule has 0 atom stereocenters. The Morgan fingerprint density at radius 2 is 1.69 bits per heavy atom. The van der Waals surface area contributed by atoms with Crippen molar-refractivity contribution in [3.63, 3.8) is 0 Å². The summed E-state index contributed by atoms with van der Waals surface area (Å²) in [6.07, 6.45) is -3.46. The minimum absolute atomic E-state index is 0.0374. The molecular formula is C23H23F3N2O3S. The lowest BCUT2D eigenvalue weighted by Crippen LogP contribution is -2.32. The number of nitrogens with zero attached hydrogens (tertiary/aromatic N) is 1. The Morgan fingerprint density at radius 3 is 2.41 bits per heavy atom. The molecule has 3 aromatic rings. The third-order valence-corrected chi connectivity index (χ3v) is 6.18. The van der Waals surface area contributed by atoms with Gasteiger partial charge in [-0.3, -0.25) is 9.10 Å². The first kappa shape index (κ1) is 23.6. The normalized spacial score (nSPS) is 12.0. The lowest BCUT2D eigenvalue weighted by Gasteiger charge is -2.23. The Bertz CT molecular complexity index is 1210. The summed E-state index contributed by atoms with van der Waals surface area (Å²) in [5.41, 5.74) is -0.0619. The Labute approximate surface area is 184 Å². The van der Waals surface area contributed by atoms with Crippen molar-refractivity contribution in [2.24, 2.45) is 0 Å². The molecule has 0 aliphatic heterocycles. The zero-order valence-electron chi connectivity index (χ0n) is 17.4. The molecular weight excluding hydrogens is 441 g/mol. The van der Waals surface area contributed by atoms with Gasteiger partial charge in [-0.25, -0.2) is 8.42 Å². The van der Waals surface area contributed by atoms with Crippen LogP contribution in [-0.2, 0) is 27.5 Å². The predicted molar refractivity (Wildman–Crippen MR) is 119 cm³/mol. The maximum Gasteiger partial charge on any atom is 0.416 e. The smallest absolute Gasteiger partial charge is 0.352 e. The van der Waals surface area contributed by atoms with Crippen LogP contribution in [0.5, 0.6) is 0 Å². The molecule has 1 amide bonds. The largest absolute Gasteiger partial charge is 0.416 e. The van der Waals surface area contributed by atoms with E-state index < -0.39 is 21.8 Å². The van der Waals surface area contributed by atoms with Crippen molar-refractivity contribution in [2.75, 3.05) is 17.1 Å². The van der Waals surface area contributed by atoms with Gasteiger partial charge in [0.15, 0.2) is 0 Å². The SMILES string of the molecule is CS(=O)(=O)N(CCCC(=O)NCc1cccc2ccccc12)c1cccc(C(F)(F)F)c1. The molecule has 1 N–H and O–H groups in total. The van der Waals surface area contributed by atoms with Crippen molar-refractivity contribution in [1.29, 1.82) is 0 Å². The molecule has 32 heavy (non-hydrogen) atoms. The summed E-state index contributed by atoms with van der Waals surface area (Å²) in [5.74, 6) is -0.268. The number of amides is 1. The first-order valence-corrected chi connectivity index (χ1v) is 11.8. The van der Waals surface area contributed by atoms with Gasteiger partial charge < -0.3 is 5.32 Å². The van der Waals surface area contributed by atoms with Gasteiger partial charge in [0, 0.05) is 19.5 Å². The van der Waals surface area contributed by atoms with Crippen LogP contribution in [0.15, 0.2) is 66.7 Å². The third-order valence-electron chi connectivity index (χ3n) is 4.98. The quantitative estimate of drug-likeness (QED) is 0.525. The van der Waals surface area contributed by atoms with Crippen molar-refractivity contribution in [2.45, 2.75) is 25.6 Å². The third kappa shape index (κ3) is 6.00. The minimum atomic E-state index is -4.58. The highest BCUT2D eigenvalue weighted by Crippen LogP contribution is 2.32. The summed E-state index contributed by atoms with van der Waals surface area (Å²) < 4.78 is 64.1. The summed E-state index contributed by atoms with van der Waals surface area (Å²) in [4.78, 5) is 12.3. The van der Waals surface area contributed by atoms with Crippen LogP contribution in [0.1, 0.15) is 24.0 Å². The van der Waals surface area contributed by atoms with Gasteiger partial charge in [-0.05, 0) is 41.0 Å². The highest BCUT2D eigenvalue weighted by atomic mass is 32.2. The minimum Gasteiger partial charge on any atom is -0.352 e. The molecule has 0 fully saturated rings. The Balaban J connectivity index is 1.61. The molecule has 9 heteroatoms. The van der Waals surface area contributed by atoms with E-state index in [-0.39, 0.29) is 31.0 Å². The maximum absolute atomic E-state index is 13.0. The van der Waals surface area contributed by atoms with Gasteiger partial charge in [0.05, 0.1) is 17.5 Å². The fourth-order valence-electron chi connectivity index (χ4n) is 3.44. The average molecular weight is 465 g/mol. The molecule has 0 bridgehead atoms. The number of alkyl halides is 3. The highest BCUT2D eigenvalue weighted by molar-refractivity contribution is 7.92. The zero-order valence-corrected chi connectivity index (χ0v) is 18.2. The van der Waals surface area contributed by atoms with Crippen LogP contribution in [0.2, 0.25) is 0 Å². The van der Waals surface area contributed by atoms with E-state index in [4.69, 9.17) is 0 Å². The molecule has 0 aliphatic rings. The molecule has 0 radical (unpaired) electrons.